The molecule has 1 aromatic heterocycles. The molecule has 0 bridgehead atoms. The van der Waals surface area contributed by atoms with Crippen molar-refractivity contribution in [2.45, 2.75) is 400 Å². The summed E-state index contributed by atoms with van der Waals surface area (Å²) >= 11 is 0. The number of aromatic nitrogens is 4. The fourth-order valence-electron chi connectivity index (χ4n) is 29.7. The van der Waals surface area contributed by atoms with Crippen LogP contribution < -0.4 is 5.32 Å². The first-order chi connectivity index (χ1) is 71.5. The summed E-state index contributed by atoms with van der Waals surface area (Å²) in [5, 5.41) is 78.1. The Labute approximate surface area is 888 Å². The lowest BCUT2D eigenvalue weighted by molar-refractivity contribution is -0.189. The molecule has 816 valence electrons. The SMILES string of the molecule is CC1(c2ccccc2)CCC2CC(O)(CCC3OCCCO3)CCN2C1.CC1(c2ccccc2)CCC2CC(O)(CCCN3CCCOC3)CCN2C1.CC1(c2ccccc2)CCC2CC(O)(CCCO)CCN2C1.CC1(c2ccccc2)CCC2CC3(CCC(O)O3)CCN2C1.COC1(CCCNc2nn[nH]n2)CCN2CC(C)(c3ccccc3)CCC2C1.COC1(CCCO)CCN2CC(C)(c3ccccc3)CCC2C1. The number of piperidine rings is 12. The van der Waals surface area contributed by atoms with Crippen molar-refractivity contribution in [1.29, 1.82) is 0 Å². The number of aromatic amines is 1. The molecule has 22 rings (SSSR count). The number of benzene rings is 6. The lowest BCUT2D eigenvalue weighted by Crippen LogP contribution is -2.57. The van der Waals surface area contributed by atoms with Gasteiger partial charge in [-0.05, 0) is 270 Å². The highest BCUT2D eigenvalue weighted by molar-refractivity contribution is 5.33. The molecule has 0 aliphatic carbocycles. The smallest absolute Gasteiger partial charge is 0.263 e. The minimum absolute atomic E-state index is 0.000584. The number of fused-ring (bicyclic) bond motifs is 6. The molecule has 19 atom stereocenters. The molecular formula is C124H188N12O12. The maximum absolute atomic E-state index is 11.2. The van der Waals surface area contributed by atoms with Crippen LogP contribution >= 0.6 is 0 Å². The third kappa shape index (κ3) is 28.8. The molecule has 0 saturated carbocycles. The highest BCUT2D eigenvalue weighted by Crippen LogP contribution is 2.52. The molecule has 7 aromatic rings. The predicted molar refractivity (Wildman–Crippen MR) is 589 cm³/mol. The van der Waals surface area contributed by atoms with Gasteiger partial charge in [0.1, 0.15) is 0 Å². The quantitative estimate of drug-likeness (QED) is 0.0234. The summed E-state index contributed by atoms with van der Waals surface area (Å²) < 4.78 is 34.8. The first kappa shape index (κ1) is 113. The van der Waals surface area contributed by atoms with E-state index >= 15 is 0 Å². The monoisotopic (exact) mass is 2040 g/mol. The van der Waals surface area contributed by atoms with Gasteiger partial charge in [0.2, 0.25) is 0 Å². The summed E-state index contributed by atoms with van der Waals surface area (Å²) in [7, 11) is 3.74. The van der Waals surface area contributed by atoms with E-state index in [4.69, 9.17) is 38.6 Å². The number of hydrogen-bond donors (Lipinski definition) is 8. The third-order valence-electron chi connectivity index (χ3n) is 39.3. The molecule has 1 spiro atoms. The first-order valence-electron chi connectivity index (χ1n) is 58.1. The van der Waals surface area contributed by atoms with Gasteiger partial charge in [0.15, 0.2) is 12.6 Å². The van der Waals surface area contributed by atoms with Gasteiger partial charge in [-0.1, -0.05) is 229 Å². The average molecular weight is 2040 g/mol. The molecule has 24 heteroatoms. The molecule has 16 heterocycles. The maximum Gasteiger partial charge on any atom is 0.263 e. The minimum atomic E-state index is -0.551. The molecule has 15 saturated heterocycles. The zero-order chi connectivity index (χ0) is 103. The van der Waals surface area contributed by atoms with Crippen LogP contribution in [0, 0.1) is 0 Å². The topological polar surface area (TPSA) is 266 Å². The van der Waals surface area contributed by atoms with Crippen LogP contribution in [0.15, 0.2) is 182 Å². The Balaban J connectivity index is 0.000000121. The van der Waals surface area contributed by atoms with E-state index in [0.717, 1.165) is 292 Å². The van der Waals surface area contributed by atoms with Crippen molar-refractivity contribution >= 4 is 5.95 Å². The largest absolute Gasteiger partial charge is 0.396 e. The Morgan fingerprint density at radius 3 is 1.06 bits per heavy atom. The van der Waals surface area contributed by atoms with Gasteiger partial charge in [0.05, 0.1) is 53.6 Å². The Morgan fingerprint density at radius 2 is 0.716 bits per heavy atom. The van der Waals surface area contributed by atoms with Crippen LogP contribution in [0.2, 0.25) is 0 Å². The number of rotatable bonds is 26. The Morgan fingerprint density at radius 1 is 0.372 bits per heavy atom. The van der Waals surface area contributed by atoms with Crippen LogP contribution in [-0.4, -0.2) is 320 Å². The van der Waals surface area contributed by atoms with E-state index in [0.29, 0.717) is 48.6 Å². The van der Waals surface area contributed by atoms with Crippen molar-refractivity contribution in [1.82, 2.24) is 54.9 Å². The molecular weight excluding hydrogens is 1850 g/mol. The zero-order valence-corrected chi connectivity index (χ0v) is 91.8. The number of methoxy groups -OCH3 is 2. The van der Waals surface area contributed by atoms with Crippen molar-refractivity contribution in [2.24, 2.45) is 0 Å². The standard InChI is InChI=1S/C23H36N2O2.C22H33NO3.C21H32N6O.C20H31NO2.C19H27NO2.C19H29NO2/c1-22(20-7-3-2-4-8-20)11-9-21-17-23(26,12-15-25(21)18-22)10-5-13-24-14-6-16-27-19-24;1-21(18-6-3-2-4-7-18)10-8-19-16-22(24,12-13-23(19)17-21)11-9-20-25-14-5-15-26-20;1-20(17-7-4-3-5-8-17)11-9-18-15-21(28-2,12-14-27(18)16-20)10-6-13-22-19-23-25-26-24-19;1-19(17-7-4-3-5-8-17)11-9-18-15-20(23-2,10-6-14-22)12-13-21(18)16-19;1-18(15-5-3-2-4-6-15)9-7-16-13-19(10-8-17(21)22-19)11-12-20(16)14-18;1-18(16-6-3-2-4-7-16)10-8-17-14-19(22,9-5-13-21)11-12-20(17)15-18/h2-4,7-8,21,26H,5-6,9-19H2,1H3;2-4,6-7,19-20,24H,5,8-17H2,1H3;3-5,7-8,18H,6,9-16H2,1-2H3,(H2,22,23,24,25,26);3-5,7-8,18,22H,6,9-16H2,1-2H3;2-6,16-17,21H,7-14H2,1H3;2-4,6-7,17,21-22H,5,8-15H2,1H3. The van der Waals surface area contributed by atoms with E-state index in [2.05, 4.69) is 284 Å². The molecule has 0 radical (unpaired) electrons. The fraction of sp³-hybridized carbons (Fsp3) is 0.702. The zero-order valence-electron chi connectivity index (χ0n) is 91.8. The van der Waals surface area contributed by atoms with Gasteiger partial charge in [0, 0.05) is 214 Å². The van der Waals surface area contributed by atoms with E-state index in [1.165, 1.54) is 104 Å². The molecule has 148 heavy (non-hydrogen) atoms. The Hall–Kier alpha value is -6.57. The highest BCUT2D eigenvalue weighted by atomic mass is 16.7. The van der Waals surface area contributed by atoms with E-state index in [1.807, 2.05) is 14.2 Å². The number of nitrogens with one attached hydrogen (secondary N) is 2. The van der Waals surface area contributed by atoms with Gasteiger partial charge in [0.25, 0.3) is 5.95 Å². The van der Waals surface area contributed by atoms with E-state index in [-0.39, 0.29) is 68.8 Å². The van der Waals surface area contributed by atoms with Crippen LogP contribution in [0.5, 0.6) is 0 Å². The highest BCUT2D eigenvalue weighted by Gasteiger charge is 2.54. The van der Waals surface area contributed by atoms with Gasteiger partial charge in [-0.25, -0.2) is 0 Å². The minimum Gasteiger partial charge on any atom is -0.396 e. The number of tetrazole rings is 1. The molecule has 0 amide bonds. The number of nitrogens with zero attached hydrogens (tertiary/aromatic N) is 10. The molecule has 6 aromatic carbocycles. The summed E-state index contributed by atoms with van der Waals surface area (Å²) in [6, 6.07) is 69.3. The van der Waals surface area contributed by atoms with Crippen LogP contribution in [0.25, 0.3) is 0 Å². The second-order valence-corrected chi connectivity index (χ2v) is 50.1. The molecule has 15 aliphatic rings. The molecule has 15 aliphatic heterocycles. The molecule has 19 unspecified atom stereocenters. The van der Waals surface area contributed by atoms with E-state index < -0.39 is 23.1 Å². The van der Waals surface area contributed by atoms with Gasteiger partial charge in [-0.3, -0.25) is 34.3 Å². The van der Waals surface area contributed by atoms with Crippen LogP contribution in [-0.2, 0) is 60.9 Å². The van der Waals surface area contributed by atoms with E-state index in [9.17, 15) is 20.4 Å². The van der Waals surface area contributed by atoms with Crippen molar-refractivity contribution < 1.29 is 59.1 Å². The number of ether oxygens (including phenoxy) is 6. The van der Waals surface area contributed by atoms with Crippen LogP contribution in [0.3, 0.4) is 0 Å². The summed E-state index contributed by atoms with van der Waals surface area (Å²) in [6.45, 7) is 34.4. The number of aliphatic hydroxyl groups is 6. The lowest BCUT2D eigenvalue weighted by atomic mass is 9.70. The molecule has 24 nitrogen and oxygen atoms in total. The van der Waals surface area contributed by atoms with Gasteiger partial charge in [-0.2, -0.15) is 5.21 Å². The fourth-order valence-corrected chi connectivity index (χ4v) is 29.7. The second kappa shape index (κ2) is 51.0. The molecule has 15 fully saturated rings. The normalized spacial score (nSPS) is 35.9. The van der Waals surface area contributed by atoms with E-state index in [1.54, 1.807) is 0 Å². The van der Waals surface area contributed by atoms with Crippen molar-refractivity contribution in [2.75, 3.05) is 157 Å². The number of aliphatic hydroxyl groups excluding tert-OH is 3. The predicted octanol–water partition coefficient (Wildman–Crippen LogP) is 19.0. The van der Waals surface area contributed by atoms with Gasteiger partial charge in [-0.15, -0.1) is 5.10 Å². The van der Waals surface area contributed by atoms with Gasteiger partial charge < -0.3 is 64.4 Å². The van der Waals surface area contributed by atoms with Crippen LogP contribution in [0.4, 0.5) is 5.95 Å². The van der Waals surface area contributed by atoms with Gasteiger partial charge >= 0.3 is 0 Å². The average Bonchev–Trinajstić information content (AvgIpc) is 1.50. The van der Waals surface area contributed by atoms with Crippen molar-refractivity contribution in [3.63, 3.8) is 0 Å². The van der Waals surface area contributed by atoms with Crippen molar-refractivity contribution in [3.05, 3.63) is 215 Å². The Kier molecular flexibility index (Phi) is 38.8. The second-order valence-electron chi connectivity index (χ2n) is 50.1. The summed E-state index contributed by atoms with van der Waals surface area (Å²) in [6.07, 6.45) is 38.9. The van der Waals surface area contributed by atoms with Crippen LogP contribution in [0.1, 0.15) is 319 Å². The first-order valence-corrected chi connectivity index (χ1v) is 58.1. The summed E-state index contributed by atoms with van der Waals surface area (Å²) in [4.78, 5) is 18.3. The van der Waals surface area contributed by atoms with Crippen molar-refractivity contribution in [3.8, 4) is 0 Å². The summed E-state index contributed by atoms with van der Waals surface area (Å²) in [5.41, 5.74) is 8.71. The lowest BCUT2D eigenvalue weighted by Gasteiger charge is -2.52. The number of H-pyrrole nitrogens is 1. The Bertz CT molecular complexity index is 5070. The summed E-state index contributed by atoms with van der Waals surface area (Å²) in [5.74, 6) is 0.564. The third-order valence-corrected chi connectivity index (χ3v) is 39.3. The molecule has 8 N–H and O–H groups in total. The number of anilines is 1. The number of hydrogen-bond acceptors (Lipinski definition) is 23. The maximum atomic E-state index is 11.2.